The molecule has 0 radical (unpaired) electrons. The van der Waals surface area contributed by atoms with Gasteiger partial charge in [-0.05, 0) is 34.7 Å². The molecule has 8 nitrogen and oxygen atoms in total. The average Bonchev–Trinajstić information content (AvgIpc) is 3.43. The molecule has 1 amide bonds. The number of ether oxygens (including phenoxy) is 1. The lowest BCUT2D eigenvalue weighted by Crippen LogP contribution is -2.55. The van der Waals surface area contributed by atoms with Gasteiger partial charge in [0.1, 0.15) is 12.3 Å². The Balaban J connectivity index is 0.00000289. The van der Waals surface area contributed by atoms with Gasteiger partial charge in [-0.1, -0.05) is 12.1 Å². The fraction of sp³-hybridized carbons (Fsp3) is 0.318. The summed E-state index contributed by atoms with van der Waals surface area (Å²) in [5.41, 5.74) is 3.17. The maximum absolute atomic E-state index is 12.7. The van der Waals surface area contributed by atoms with Gasteiger partial charge in [-0.2, -0.15) is 5.10 Å². The number of thiophene rings is 1. The van der Waals surface area contributed by atoms with Gasteiger partial charge in [-0.3, -0.25) is 14.5 Å². The molecule has 0 unspecified atom stereocenters. The van der Waals surface area contributed by atoms with Crippen molar-refractivity contribution in [2.45, 2.75) is 6.54 Å². The van der Waals surface area contributed by atoms with E-state index in [1.807, 2.05) is 30.3 Å². The Morgan fingerprint density at radius 2 is 2.03 bits per heavy atom. The Hall–Kier alpha value is -2.60. The van der Waals surface area contributed by atoms with E-state index in [0.29, 0.717) is 19.6 Å². The van der Waals surface area contributed by atoms with Crippen molar-refractivity contribution in [3.05, 3.63) is 53.0 Å². The number of amides is 1. The monoisotopic (exact) mass is 566 g/mol. The quantitative estimate of drug-likeness (QED) is 0.292. The first-order valence-corrected chi connectivity index (χ1v) is 10.9. The molecule has 3 aromatic rings. The standard InChI is InChI=1S/C22H26N6O2S.HI/c1-23-22(27-8-9-28(21(29)14-27)18-11-25-26(2)13-18)24-12-20-10-17(15-31-20)16-4-6-19(30-3)7-5-16;/h4-7,10-11,13,15H,8-9,12,14H2,1-3H3,(H,23,24);1H. The van der Waals surface area contributed by atoms with Crippen molar-refractivity contribution in [3.8, 4) is 16.9 Å². The van der Waals surface area contributed by atoms with Gasteiger partial charge in [0, 0.05) is 38.3 Å². The highest BCUT2D eigenvalue weighted by Crippen LogP contribution is 2.27. The van der Waals surface area contributed by atoms with E-state index in [1.165, 1.54) is 10.4 Å². The van der Waals surface area contributed by atoms with Gasteiger partial charge in [-0.25, -0.2) is 0 Å². The number of aryl methyl sites for hydroxylation is 1. The first-order chi connectivity index (χ1) is 15.1. The van der Waals surface area contributed by atoms with Gasteiger partial charge in [-0.15, -0.1) is 35.3 Å². The van der Waals surface area contributed by atoms with Gasteiger partial charge >= 0.3 is 0 Å². The minimum absolute atomic E-state index is 0. The second kappa shape index (κ2) is 10.8. The van der Waals surface area contributed by atoms with Crippen LogP contribution in [0.3, 0.4) is 0 Å². The number of carbonyl (C=O) groups is 1. The second-order valence-corrected chi connectivity index (χ2v) is 8.27. The van der Waals surface area contributed by atoms with Crippen molar-refractivity contribution in [1.29, 1.82) is 0 Å². The summed E-state index contributed by atoms with van der Waals surface area (Å²) in [7, 11) is 5.26. The number of piperazine rings is 1. The summed E-state index contributed by atoms with van der Waals surface area (Å²) in [5.74, 6) is 1.63. The van der Waals surface area contributed by atoms with E-state index >= 15 is 0 Å². The molecule has 0 atom stereocenters. The van der Waals surface area contributed by atoms with Crippen LogP contribution in [0.1, 0.15) is 4.88 Å². The number of aromatic nitrogens is 2. The van der Waals surface area contributed by atoms with Crippen LogP contribution in [0.5, 0.6) is 5.75 Å². The van der Waals surface area contributed by atoms with Crippen LogP contribution >= 0.6 is 35.3 Å². The number of anilines is 1. The molecule has 170 valence electrons. The maximum atomic E-state index is 12.7. The van der Waals surface area contributed by atoms with E-state index in [4.69, 9.17) is 4.74 Å². The molecule has 1 aliphatic rings. The normalized spacial score (nSPS) is 14.3. The number of halogens is 1. The molecule has 0 saturated carbocycles. The van der Waals surface area contributed by atoms with Gasteiger partial charge in [0.25, 0.3) is 0 Å². The second-order valence-electron chi connectivity index (χ2n) is 7.27. The van der Waals surface area contributed by atoms with Gasteiger partial charge < -0.3 is 19.9 Å². The summed E-state index contributed by atoms with van der Waals surface area (Å²) in [6.07, 6.45) is 3.58. The Morgan fingerprint density at radius 1 is 1.25 bits per heavy atom. The number of hydrogen-bond donors (Lipinski definition) is 1. The molecule has 1 fully saturated rings. The number of guanidine groups is 1. The first-order valence-electron chi connectivity index (χ1n) is 10.0. The minimum Gasteiger partial charge on any atom is -0.497 e. The Kier molecular flexibility index (Phi) is 8.13. The molecule has 0 aliphatic carbocycles. The molecule has 1 aromatic carbocycles. The van der Waals surface area contributed by atoms with Crippen LogP contribution in [0.25, 0.3) is 11.1 Å². The highest BCUT2D eigenvalue weighted by atomic mass is 127. The van der Waals surface area contributed by atoms with Crippen LogP contribution in [-0.2, 0) is 18.4 Å². The lowest BCUT2D eigenvalue weighted by Gasteiger charge is -2.35. The van der Waals surface area contributed by atoms with E-state index in [2.05, 4.69) is 39.0 Å². The number of nitrogens with one attached hydrogen (secondary N) is 1. The number of hydrogen-bond acceptors (Lipinski definition) is 5. The molecule has 3 heterocycles. The minimum atomic E-state index is 0. The molecule has 1 aliphatic heterocycles. The number of rotatable bonds is 5. The molecular formula is C22H27IN6O2S. The largest absolute Gasteiger partial charge is 0.497 e. The smallest absolute Gasteiger partial charge is 0.246 e. The van der Waals surface area contributed by atoms with Crippen molar-refractivity contribution in [2.75, 3.05) is 38.7 Å². The van der Waals surface area contributed by atoms with Gasteiger partial charge in [0.05, 0.1) is 25.5 Å². The highest BCUT2D eigenvalue weighted by Gasteiger charge is 2.27. The fourth-order valence-corrected chi connectivity index (χ4v) is 4.41. The third-order valence-corrected chi connectivity index (χ3v) is 6.17. The molecule has 10 heteroatoms. The highest BCUT2D eigenvalue weighted by molar-refractivity contribution is 14.0. The Labute approximate surface area is 208 Å². The SMILES string of the molecule is CN=C(NCc1cc(-c2ccc(OC)cc2)cs1)N1CCN(c2cnn(C)c2)C(=O)C1.I. The molecule has 32 heavy (non-hydrogen) atoms. The van der Waals surface area contributed by atoms with Gasteiger partial charge in [0.15, 0.2) is 5.96 Å². The Bertz CT molecular complexity index is 1080. The van der Waals surface area contributed by atoms with Crippen LogP contribution in [0.2, 0.25) is 0 Å². The van der Waals surface area contributed by atoms with Crippen LogP contribution < -0.4 is 15.0 Å². The number of methoxy groups -OCH3 is 1. The molecule has 4 rings (SSSR count). The van der Waals surface area contributed by atoms with Crippen molar-refractivity contribution in [2.24, 2.45) is 12.0 Å². The van der Waals surface area contributed by atoms with E-state index in [1.54, 1.807) is 41.3 Å². The molecule has 1 saturated heterocycles. The lowest BCUT2D eigenvalue weighted by molar-refractivity contribution is -0.120. The van der Waals surface area contributed by atoms with Crippen molar-refractivity contribution < 1.29 is 9.53 Å². The molecule has 0 spiro atoms. The zero-order valence-electron chi connectivity index (χ0n) is 18.3. The van der Waals surface area contributed by atoms with E-state index in [0.717, 1.165) is 23.0 Å². The summed E-state index contributed by atoms with van der Waals surface area (Å²) < 4.78 is 6.93. The van der Waals surface area contributed by atoms with Gasteiger partial charge in [0.2, 0.25) is 5.91 Å². The number of benzene rings is 1. The van der Waals surface area contributed by atoms with E-state index < -0.39 is 0 Å². The zero-order chi connectivity index (χ0) is 21.8. The first kappa shape index (κ1) is 24.1. The topological polar surface area (TPSA) is 75.0 Å². The summed E-state index contributed by atoms with van der Waals surface area (Å²) >= 11 is 1.70. The Morgan fingerprint density at radius 3 is 2.66 bits per heavy atom. The van der Waals surface area contributed by atoms with Crippen LogP contribution in [0.4, 0.5) is 5.69 Å². The zero-order valence-corrected chi connectivity index (χ0v) is 21.5. The molecular weight excluding hydrogens is 539 g/mol. The number of carbonyl (C=O) groups excluding carboxylic acids is 1. The third kappa shape index (κ3) is 5.41. The predicted octanol–water partition coefficient (Wildman–Crippen LogP) is 3.20. The average molecular weight is 566 g/mol. The maximum Gasteiger partial charge on any atom is 0.246 e. The summed E-state index contributed by atoms with van der Waals surface area (Å²) in [4.78, 5) is 22.0. The van der Waals surface area contributed by atoms with E-state index in [-0.39, 0.29) is 36.4 Å². The van der Waals surface area contributed by atoms with Crippen LogP contribution in [0, 0.1) is 0 Å². The predicted molar refractivity (Wildman–Crippen MR) is 139 cm³/mol. The summed E-state index contributed by atoms with van der Waals surface area (Å²) in [6.45, 7) is 2.26. The molecule has 2 aromatic heterocycles. The van der Waals surface area contributed by atoms with Crippen molar-refractivity contribution in [3.63, 3.8) is 0 Å². The third-order valence-electron chi connectivity index (χ3n) is 5.23. The number of nitrogens with zero attached hydrogens (tertiary/aromatic N) is 5. The fourth-order valence-electron chi connectivity index (χ4n) is 3.58. The summed E-state index contributed by atoms with van der Waals surface area (Å²) in [5, 5.41) is 9.71. The number of aliphatic imine (C=N–C) groups is 1. The molecule has 1 N–H and O–H groups in total. The summed E-state index contributed by atoms with van der Waals surface area (Å²) in [6, 6.07) is 10.2. The van der Waals surface area contributed by atoms with Crippen molar-refractivity contribution in [1.82, 2.24) is 20.0 Å². The van der Waals surface area contributed by atoms with Crippen molar-refractivity contribution >= 4 is 52.9 Å². The van der Waals surface area contributed by atoms with Crippen LogP contribution in [-0.4, -0.2) is 60.3 Å². The lowest BCUT2D eigenvalue weighted by atomic mass is 10.1. The molecule has 0 bridgehead atoms. The van der Waals surface area contributed by atoms with E-state index in [9.17, 15) is 4.79 Å². The van der Waals surface area contributed by atoms with Crippen LogP contribution in [0.15, 0.2) is 53.1 Å².